The van der Waals surface area contributed by atoms with E-state index in [1.54, 1.807) is 18.2 Å². The molecule has 33 heavy (non-hydrogen) atoms. The number of methoxy groups -OCH3 is 2. The summed E-state index contributed by atoms with van der Waals surface area (Å²) in [7, 11) is 2.53. The lowest BCUT2D eigenvalue weighted by Crippen LogP contribution is -2.35. The molecule has 0 aliphatic heterocycles. The van der Waals surface area contributed by atoms with Crippen molar-refractivity contribution in [1.29, 1.82) is 0 Å². The fourth-order valence-electron chi connectivity index (χ4n) is 2.56. The quantitative estimate of drug-likeness (QED) is 0.225. The van der Waals surface area contributed by atoms with Gasteiger partial charge in [0.05, 0.1) is 53.9 Å². The second kappa shape index (κ2) is 17.9. The van der Waals surface area contributed by atoms with E-state index in [-0.39, 0.29) is 32.9 Å². The highest BCUT2D eigenvalue weighted by atomic mass is 16.6. The Bertz CT molecular complexity index is 667. The third-order valence-electron chi connectivity index (χ3n) is 4.17. The summed E-state index contributed by atoms with van der Waals surface area (Å²) in [6, 6.07) is 4.95. The Labute approximate surface area is 194 Å². The van der Waals surface area contributed by atoms with Gasteiger partial charge in [0, 0.05) is 18.4 Å². The molecule has 0 bridgehead atoms. The van der Waals surface area contributed by atoms with Crippen molar-refractivity contribution in [2.24, 2.45) is 0 Å². The zero-order valence-corrected chi connectivity index (χ0v) is 19.6. The molecular weight excluding hydrogens is 438 g/mol. The number of carbonyl (C=O) groups excluding carboxylic acids is 2. The SMILES string of the molecule is CCOCCOCCOCCOc1ccc(N(CC(=O)OC)CC(=O)OC)cc1OCCO. The van der Waals surface area contributed by atoms with E-state index in [2.05, 4.69) is 0 Å². The van der Waals surface area contributed by atoms with Crippen LogP contribution in [-0.4, -0.2) is 104 Å². The molecular formula is C22H35NO10. The van der Waals surface area contributed by atoms with Crippen LogP contribution >= 0.6 is 0 Å². The molecule has 0 amide bonds. The van der Waals surface area contributed by atoms with Gasteiger partial charge in [0.2, 0.25) is 0 Å². The molecule has 11 heteroatoms. The highest BCUT2D eigenvalue weighted by molar-refractivity contribution is 5.81. The Morgan fingerprint density at radius 1 is 0.788 bits per heavy atom. The number of ether oxygens (including phenoxy) is 7. The molecule has 0 saturated heterocycles. The summed E-state index contributed by atoms with van der Waals surface area (Å²) >= 11 is 0. The number of carbonyl (C=O) groups is 2. The molecule has 0 spiro atoms. The number of esters is 2. The number of aliphatic hydroxyl groups is 1. The van der Waals surface area contributed by atoms with E-state index in [9.17, 15) is 9.59 Å². The molecule has 1 rings (SSSR count). The number of anilines is 1. The van der Waals surface area contributed by atoms with Crippen LogP contribution in [0.25, 0.3) is 0 Å². The van der Waals surface area contributed by atoms with Gasteiger partial charge in [-0.15, -0.1) is 0 Å². The van der Waals surface area contributed by atoms with Crippen molar-refractivity contribution in [3.8, 4) is 11.5 Å². The standard InChI is InChI=1S/C22H35NO10/c1-4-29-9-10-30-11-12-31-13-14-33-19-6-5-18(15-20(19)32-8-7-24)23(16-21(25)27-2)17-22(26)28-3/h5-6,15,24H,4,7-14,16-17H2,1-3H3. The van der Waals surface area contributed by atoms with Gasteiger partial charge in [0.15, 0.2) is 11.5 Å². The van der Waals surface area contributed by atoms with Crippen molar-refractivity contribution in [2.45, 2.75) is 6.92 Å². The molecule has 0 fully saturated rings. The Kier molecular flexibility index (Phi) is 15.4. The minimum absolute atomic E-state index is 0.0450. The van der Waals surface area contributed by atoms with Gasteiger partial charge in [-0.05, 0) is 19.1 Å². The number of benzene rings is 1. The molecule has 11 nitrogen and oxygen atoms in total. The Balaban J connectivity index is 2.67. The van der Waals surface area contributed by atoms with Crippen molar-refractivity contribution < 1.29 is 47.9 Å². The third-order valence-corrected chi connectivity index (χ3v) is 4.17. The van der Waals surface area contributed by atoms with Crippen LogP contribution in [0.1, 0.15) is 6.92 Å². The van der Waals surface area contributed by atoms with Crippen LogP contribution in [0.15, 0.2) is 18.2 Å². The maximum Gasteiger partial charge on any atom is 0.325 e. The van der Waals surface area contributed by atoms with E-state index in [1.165, 1.54) is 19.1 Å². The minimum Gasteiger partial charge on any atom is -0.487 e. The van der Waals surface area contributed by atoms with E-state index in [0.717, 1.165) is 0 Å². The summed E-state index contributed by atoms with van der Waals surface area (Å²) in [5.41, 5.74) is 0.520. The number of hydrogen-bond donors (Lipinski definition) is 1. The highest BCUT2D eigenvalue weighted by Crippen LogP contribution is 2.32. The number of rotatable bonds is 19. The van der Waals surface area contributed by atoms with Crippen molar-refractivity contribution in [3.63, 3.8) is 0 Å². The smallest absolute Gasteiger partial charge is 0.325 e. The van der Waals surface area contributed by atoms with Crippen molar-refractivity contribution in [1.82, 2.24) is 0 Å². The highest BCUT2D eigenvalue weighted by Gasteiger charge is 2.18. The fourth-order valence-corrected chi connectivity index (χ4v) is 2.56. The van der Waals surface area contributed by atoms with Crippen molar-refractivity contribution >= 4 is 17.6 Å². The van der Waals surface area contributed by atoms with Gasteiger partial charge in [-0.3, -0.25) is 9.59 Å². The third kappa shape index (κ3) is 12.3. The zero-order valence-electron chi connectivity index (χ0n) is 19.6. The average molecular weight is 474 g/mol. The van der Waals surface area contributed by atoms with Crippen LogP contribution in [-0.2, 0) is 33.3 Å². The van der Waals surface area contributed by atoms with Gasteiger partial charge in [-0.1, -0.05) is 0 Å². The zero-order chi connectivity index (χ0) is 24.3. The normalized spacial score (nSPS) is 10.5. The number of nitrogens with zero attached hydrogens (tertiary/aromatic N) is 1. The van der Waals surface area contributed by atoms with Gasteiger partial charge >= 0.3 is 11.9 Å². The van der Waals surface area contributed by atoms with E-state index in [1.807, 2.05) is 6.92 Å². The first-order valence-electron chi connectivity index (χ1n) is 10.7. The maximum atomic E-state index is 11.8. The molecule has 0 heterocycles. The Morgan fingerprint density at radius 3 is 1.88 bits per heavy atom. The first kappa shape index (κ1) is 28.4. The molecule has 0 unspecified atom stereocenters. The van der Waals surface area contributed by atoms with Gasteiger partial charge in [-0.2, -0.15) is 0 Å². The molecule has 0 aromatic heterocycles. The molecule has 1 N–H and O–H groups in total. The Morgan fingerprint density at radius 2 is 1.33 bits per heavy atom. The lowest BCUT2D eigenvalue weighted by molar-refractivity contribution is -0.140. The topological polar surface area (TPSA) is 122 Å². The average Bonchev–Trinajstić information content (AvgIpc) is 2.83. The van der Waals surface area contributed by atoms with E-state index >= 15 is 0 Å². The summed E-state index contributed by atoms with van der Waals surface area (Å²) in [5, 5.41) is 9.13. The number of aliphatic hydroxyl groups excluding tert-OH is 1. The van der Waals surface area contributed by atoms with E-state index < -0.39 is 11.9 Å². The molecule has 0 atom stereocenters. The first-order chi connectivity index (χ1) is 16.0. The first-order valence-corrected chi connectivity index (χ1v) is 10.7. The summed E-state index contributed by atoms with van der Waals surface area (Å²) in [6.45, 7) is 4.70. The predicted octanol–water partition coefficient (Wildman–Crippen LogP) is 0.659. The van der Waals surface area contributed by atoms with Crippen LogP contribution < -0.4 is 14.4 Å². The molecule has 0 aliphatic carbocycles. The van der Waals surface area contributed by atoms with Gasteiger partial charge < -0.3 is 43.2 Å². The largest absolute Gasteiger partial charge is 0.487 e. The lowest BCUT2D eigenvalue weighted by atomic mass is 10.2. The molecule has 0 aliphatic rings. The fraction of sp³-hybridized carbons (Fsp3) is 0.636. The molecule has 0 radical (unpaired) electrons. The molecule has 0 saturated carbocycles. The lowest BCUT2D eigenvalue weighted by Gasteiger charge is -2.23. The van der Waals surface area contributed by atoms with Crippen LogP contribution in [0.4, 0.5) is 5.69 Å². The van der Waals surface area contributed by atoms with Crippen molar-refractivity contribution in [3.05, 3.63) is 18.2 Å². The van der Waals surface area contributed by atoms with Gasteiger partial charge in [0.1, 0.15) is 26.3 Å². The van der Waals surface area contributed by atoms with Crippen LogP contribution in [0.5, 0.6) is 11.5 Å². The second-order valence-corrected chi connectivity index (χ2v) is 6.48. The number of hydrogen-bond acceptors (Lipinski definition) is 11. The van der Waals surface area contributed by atoms with Crippen molar-refractivity contribution in [2.75, 3.05) is 91.7 Å². The molecule has 1 aromatic rings. The molecule has 1 aromatic carbocycles. The van der Waals surface area contributed by atoms with Gasteiger partial charge in [-0.25, -0.2) is 0 Å². The predicted molar refractivity (Wildman–Crippen MR) is 119 cm³/mol. The second-order valence-electron chi connectivity index (χ2n) is 6.48. The summed E-state index contributed by atoms with van der Waals surface area (Å²) in [4.78, 5) is 25.0. The molecule has 188 valence electrons. The van der Waals surface area contributed by atoms with Crippen LogP contribution in [0.3, 0.4) is 0 Å². The van der Waals surface area contributed by atoms with Crippen LogP contribution in [0.2, 0.25) is 0 Å². The van der Waals surface area contributed by atoms with Gasteiger partial charge in [0.25, 0.3) is 0 Å². The monoisotopic (exact) mass is 473 g/mol. The summed E-state index contributed by atoms with van der Waals surface area (Å²) in [5.74, 6) is -0.257. The Hall–Kier alpha value is -2.60. The van der Waals surface area contributed by atoms with E-state index in [4.69, 9.17) is 38.3 Å². The summed E-state index contributed by atoms with van der Waals surface area (Å²) in [6.07, 6.45) is 0. The maximum absolute atomic E-state index is 11.8. The van der Waals surface area contributed by atoms with Crippen LogP contribution in [0, 0.1) is 0 Å². The summed E-state index contributed by atoms with van der Waals surface area (Å²) < 4.78 is 36.7. The van der Waals surface area contributed by atoms with E-state index in [0.29, 0.717) is 56.8 Å². The minimum atomic E-state index is -0.518.